The standard InChI is InChI=1S/C20H30N2O6S/c1-14-18(20(24)27-3)19(15(2)28-14)29(25,26)22-12-10-21(11-13-22)17(23)9-8-16-6-4-5-7-16/h16H,4-13H2,1-3H3. The summed E-state index contributed by atoms with van der Waals surface area (Å²) in [6.45, 7) is 4.16. The number of ether oxygens (including phenoxy) is 1. The molecule has 1 amide bonds. The van der Waals surface area contributed by atoms with Crippen molar-refractivity contribution in [2.75, 3.05) is 33.3 Å². The first-order chi connectivity index (χ1) is 13.8. The molecule has 2 heterocycles. The number of methoxy groups -OCH3 is 1. The van der Waals surface area contributed by atoms with E-state index in [2.05, 4.69) is 0 Å². The number of nitrogens with zero attached hydrogens (tertiary/aromatic N) is 2. The smallest absolute Gasteiger partial charge is 0.342 e. The highest BCUT2D eigenvalue weighted by atomic mass is 32.2. The van der Waals surface area contributed by atoms with Gasteiger partial charge in [-0.2, -0.15) is 4.31 Å². The van der Waals surface area contributed by atoms with E-state index in [1.54, 1.807) is 11.8 Å². The fourth-order valence-electron chi connectivity index (χ4n) is 4.40. The highest BCUT2D eigenvalue weighted by Crippen LogP contribution is 2.31. The number of esters is 1. The summed E-state index contributed by atoms with van der Waals surface area (Å²) in [6.07, 6.45) is 6.40. The van der Waals surface area contributed by atoms with Gasteiger partial charge in [-0.1, -0.05) is 25.7 Å². The Kier molecular flexibility index (Phi) is 6.68. The first-order valence-electron chi connectivity index (χ1n) is 10.2. The lowest BCUT2D eigenvalue weighted by molar-refractivity contribution is -0.132. The van der Waals surface area contributed by atoms with Crippen LogP contribution < -0.4 is 0 Å². The Balaban J connectivity index is 1.66. The molecular weight excluding hydrogens is 396 g/mol. The maximum atomic E-state index is 13.2. The highest BCUT2D eigenvalue weighted by molar-refractivity contribution is 7.89. The minimum atomic E-state index is -3.93. The lowest BCUT2D eigenvalue weighted by Crippen LogP contribution is -2.50. The van der Waals surface area contributed by atoms with Gasteiger partial charge in [0, 0.05) is 32.6 Å². The second-order valence-electron chi connectivity index (χ2n) is 7.88. The lowest BCUT2D eigenvalue weighted by Gasteiger charge is -2.34. The Morgan fingerprint density at radius 2 is 1.69 bits per heavy atom. The van der Waals surface area contributed by atoms with Crippen LogP contribution >= 0.6 is 0 Å². The van der Waals surface area contributed by atoms with E-state index >= 15 is 0 Å². The third kappa shape index (κ3) is 4.50. The second kappa shape index (κ2) is 8.87. The van der Waals surface area contributed by atoms with E-state index in [9.17, 15) is 18.0 Å². The molecule has 2 fully saturated rings. The van der Waals surface area contributed by atoms with E-state index in [-0.39, 0.29) is 41.0 Å². The molecule has 1 saturated heterocycles. The number of furan rings is 1. The van der Waals surface area contributed by atoms with Crippen molar-refractivity contribution in [3.63, 3.8) is 0 Å². The van der Waals surface area contributed by atoms with Gasteiger partial charge in [0.05, 0.1) is 7.11 Å². The fraction of sp³-hybridized carbons (Fsp3) is 0.700. The van der Waals surface area contributed by atoms with Crippen LogP contribution in [0, 0.1) is 19.8 Å². The number of carbonyl (C=O) groups excluding carboxylic acids is 2. The van der Waals surface area contributed by atoms with E-state index in [1.807, 2.05) is 0 Å². The quantitative estimate of drug-likeness (QED) is 0.649. The van der Waals surface area contributed by atoms with Crippen molar-refractivity contribution in [2.24, 2.45) is 5.92 Å². The molecule has 162 valence electrons. The van der Waals surface area contributed by atoms with Crippen LogP contribution in [0.4, 0.5) is 0 Å². The predicted molar refractivity (Wildman–Crippen MR) is 106 cm³/mol. The number of rotatable bonds is 6. The maximum Gasteiger partial charge on any atom is 0.342 e. The number of hydrogen-bond donors (Lipinski definition) is 0. The molecule has 9 heteroatoms. The van der Waals surface area contributed by atoms with Crippen molar-refractivity contribution in [3.05, 3.63) is 17.1 Å². The monoisotopic (exact) mass is 426 g/mol. The minimum absolute atomic E-state index is 0.0555. The molecule has 0 bridgehead atoms. The summed E-state index contributed by atoms with van der Waals surface area (Å²) in [5.41, 5.74) is -0.0555. The molecule has 3 rings (SSSR count). The molecule has 0 atom stereocenters. The number of hydrogen-bond acceptors (Lipinski definition) is 6. The van der Waals surface area contributed by atoms with Crippen molar-refractivity contribution in [1.82, 2.24) is 9.21 Å². The maximum absolute atomic E-state index is 13.2. The van der Waals surface area contributed by atoms with Crippen molar-refractivity contribution in [3.8, 4) is 0 Å². The van der Waals surface area contributed by atoms with E-state index in [0.717, 1.165) is 6.42 Å². The number of carbonyl (C=O) groups is 2. The molecule has 0 N–H and O–H groups in total. The molecular formula is C20H30N2O6S. The molecule has 29 heavy (non-hydrogen) atoms. The van der Waals surface area contributed by atoms with Crippen LogP contribution in [0.2, 0.25) is 0 Å². The zero-order chi connectivity index (χ0) is 21.2. The molecule has 1 aromatic rings. The van der Waals surface area contributed by atoms with E-state index in [1.165, 1.54) is 44.0 Å². The molecule has 1 aromatic heterocycles. The first kappa shape index (κ1) is 21.8. The fourth-order valence-corrected chi connectivity index (χ4v) is 6.20. The third-order valence-corrected chi connectivity index (χ3v) is 8.08. The minimum Gasteiger partial charge on any atom is -0.465 e. The summed E-state index contributed by atoms with van der Waals surface area (Å²) >= 11 is 0. The Labute approximate surface area is 172 Å². The molecule has 0 aromatic carbocycles. The van der Waals surface area contributed by atoms with Gasteiger partial charge in [-0.15, -0.1) is 0 Å². The van der Waals surface area contributed by atoms with Gasteiger partial charge in [-0.25, -0.2) is 13.2 Å². The SMILES string of the molecule is COC(=O)c1c(C)oc(C)c1S(=O)(=O)N1CCN(C(=O)CCC2CCCC2)CC1. The Morgan fingerprint density at radius 3 is 2.28 bits per heavy atom. The summed E-state index contributed by atoms with van der Waals surface area (Å²) in [5, 5.41) is 0. The molecule has 0 spiro atoms. The molecule has 1 aliphatic heterocycles. The topological polar surface area (TPSA) is 97.1 Å². The average molecular weight is 427 g/mol. The van der Waals surface area contributed by atoms with Crippen LogP contribution in [0.25, 0.3) is 0 Å². The van der Waals surface area contributed by atoms with Crippen molar-refractivity contribution in [1.29, 1.82) is 0 Å². The van der Waals surface area contributed by atoms with Gasteiger partial charge in [-0.3, -0.25) is 4.79 Å². The normalized spacial score (nSPS) is 18.9. The van der Waals surface area contributed by atoms with Crippen LogP contribution in [-0.4, -0.2) is 62.8 Å². The molecule has 1 aliphatic carbocycles. The van der Waals surface area contributed by atoms with E-state index in [0.29, 0.717) is 25.4 Å². The van der Waals surface area contributed by atoms with E-state index in [4.69, 9.17) is 9.15 Å². The van der Waals surface area contributed by atoms with Gasteiger partial charge in [-0.05, 0) is 26.2 Å². The van der Waals surface area contributed by atoms with Gasteiger partial charge < -0.3 is 14.1 Å². The molecule has 0 radical (unpaired) electrons. The number of sulfonamides is 1. The summed E-state index contributed by atoms with van der Waals surface area (Å²) < 4.78 is 37.9. The molecule has 8 nitrogen and oxygen atoms in total. The molecule has 2 aliphatic rings. The van der Waals surface area contributed by atoms with E-state index < -0.39 is 16.0 Å². The Morgan fingerprint density at radius 1 is 1.07 bits per heavy atom. The summed E-state index contributed by atoms with van der Waals surface area (Å²) in [7, 11) is -2.73. The van der Waals surface area contributed by atoms with Crippen LogP contribution in [0.15, 0.2) is 9.31 Å². The van der Waals surface area contributed by atoms with Gasteiger partial charge in [0.25, 0.3) is 0 Å². The summed E-state index contributed by atoms with van der Waals surface area (Å²) in [4.78, 5) is 26.2. The van der Waals surface area contributed by atoms with Gasteiger partial charge in [0.15, 0.2) is 0 Å². The van der Waals surface area contributed by atoms with Crippen LogP contribution in [0.5, 0.6) is 0 Å². The van der Waals surface area contributed by atoms with Crippen LogP contribution in [0.1, 0.15) is 60.4 Å². The van der Waals surface area contributed by atoms with Gasteiger partial charge >= 0.3 is 5.97 Å². The van der Waals surface area contributed by atoms with Crippen LogP contribution in [-0.2, 0) is 19.6 Å². The van der Waals surface area contributed by atoms with Crippen LogP contribution in [0.3, 0.4) is 0 Å². The van der Waals surface area contributed by atoms with Crippen molar-refractivity contribution < 1.29 is 27.2 Å². The van der Waals surface area contributed by atoms with Gasteiger partial charge in [0.2, 0.25) is 15.9 Å². The second-order valence-corrected chi connectivity index (χ2v) is 9.76. The highest BCUT2D eigenvalue weighted by Gasteiger charge is 2.37. The zero-order valence-corrected chi connectivity index (χ0v) is 18.2. The number of aryl methyl sites for hydroxylation is 2. The summed E-state index contributed by atoms with van der Waals surface area (Å²) in [6, 6.07) is 0. The summed E-state index contributed by atoms with van der Waals surface area (Å²) in [5.74, 6) is 0.398. The molecule has 0 unspecified atom stereocenters. The van der Waals surface area contributed by atoms with Gasteiger partial charge in [0.1, 0.15) is 22.0 Å². The largest absolute Gasteiger partial charge is 0.465 e. The number of amides is 1. The van der Waals surface area contributed by atoms with Crippen molar-refractivity contribution >= 4 is 21.9 Å². The Bertz CT molecular complexity index is 862. The predicted octanol–water partition coefficient (Wildman–Crippen LogP) is 2.49. The third-order valence-electron chi connectivity index (χ3n) is 6.03. The average Bonchev–Trinajstić information content (AvgIpc) is 3.32. The first-order valence-corrected chi connectivity index (χ1v) is 11.7. The zero-order valence-electron chi connectivity index (χ0n) is 17.4. The molecule has 1 saturated carbocycles. The lowest BCUT2D eigenvalue weighted by atomic mass is 10.0. The van der Waals surface area contributed by atoms with Crippen molar-refractivity contribution in [2.45, 2.75) is 57.3 Å². The Hall–Kier alpha value is -1.87. The number of piperazine rings is 1.